The molecule has 0 aliphatic carbocycles. The van der Waals surface area contributed by atoms with Crippen LogP contribution in [0.2, 0.25) is 0 Å². The molecule has 12 heavy (non-hydrogen) atoms. The summed E-state index contributed by atoms with van der Waals surface area (Å²) in [5.41, 5.74) is 6.12. The Morgan fingerprint density at radius 2 is 2.17 bits per heavy atom. The second-order valence-corrected chi connectivity index (χ2v) is 2.41. The quantitative estimate of drug-likeness (QED) is 0.556. The van der Waals surface area contributed by atoms with Crippen LogP contribution in [0.5, 0.6) is 0 Å². The number of aliphatic carboxylic acids is 1. The van der Waals surface area contributed by atoms with Gasteiger partial charge in [-0.15, -0.1) is 0 Å². The Hall–Kier alpha value is -1.55. The van der Waals surface area contributed by atoms with Gasteiger partial charge in [0.2, 0.25) is 0 Å². The minimum absolute atomic E-state index is 0.294. The van der Waals surface area contributed by atoms with Gasteiger partial charge in [-0.05, 0) is 17.7 Å². The van der Waals surface area contributed by atoms with Crippen LogP contribution in [0.15, 0.2) is 24.3 Å². The van der Waals surface area contributed by atoms with Crippen molar-refractivity contribution in [1.82, 2.24) is 0 Å². The second kappa shape index (κ2) is 3.23. The number of nitrogens with two attached hydrogens (primary N) is 1. The van der Waals surface area contributed by atoms with Crippen molar-refractivity contribution < 1.29 is 15.0 Å². The van der Waals surface area contributed by atoms with E-state index < -0.39 is 12.1 Å². The van der Waals surface area contributed by atoms with Crippen molar-refractivity contribution >= 4 is 11.7 Å². The molecule has 0 saturated heterocycles. The Bertz CT molecular complexity index is 298. The highest BCUT2D eigenvalue weighted by Crippen LogP contribution is 2.15. The smallest absolute Gasteiger partial charge is 0.337 e. The highest BCUT2D eigenvalue weighted by molar-refractivity contribution is 5.74. The van der Waals surface area contributed by atoms with E-state index in [1.54, 1.807) is 12.1 Å². The summed E-state index contributed by atoms with van der Waals surface area (Å²) in [5.74, 6) is -1.28. The van der Waals surface area contributed by atoms with Gasteiger partial charge in [-0.25, -0.2) is 4.79 Å². The lowest BCUT2D eigenvalue weighted by molar-refractivity contribution is -0.146. The lowest BCUT2D eigenvalue weighted by Crippen LogP contribution is -2.10. The largest absolute Gasteiger partial charge is 0.479 e. The molecule has 64 valence electrons. The first-order valence-electron chi connectivity index (χ1n) is 3.37. The molecule has 0 aromatic heterocycles. The zero-order valence-corrected chi connectivity index (χ0v) is 6.27. The summed E-state index contributed by atoms with van der Waals surface area (Å²) in [7, 11) is 0. The van der Waals surface area contributed by atoms with Crippen molar-refractivity contribution in [1.29, 1.82) is 0 Å². The van der Waals surface area contributed by atoms with Crippen LogP contribution in [0.25, 0.3) is 0 Å². The first-order chi connectivity index (χ1) is 5.61. The standard InChI is InChI=1S/C8H9NO3/c9-6-3-1-2-5(4-6)7(10)8(11)12/h1-4,7,10H,9H2,(H,11,12). The van der Waals surface area contributed by atoms with Gasteiger partial charge in [-0.2, -0.15) is 0 Å². The number of carbonyl (C=O) groups is 1. The van der Waals surface area contributed by atoms with E-state index in [2.05, 4.69) is 0 Å². The molecule has 1 aromatic rings. The number of carboxylic acids is 1. The third-order valence-electron chi connectivity index (χ3n) is 1.46. The number of rotatable bonds is 2. The Morgan fingerprint density at radius 3 is 2.67 bits per heavy atom. The van der Waals surface area contributed by atoms with E-state index in [0.29, 0.717) is 11.3 Å². The van der Waals surface area contributed by atoms with Crippen LogP contribution < -0.4 is 5.73 Å². The van der Waals surface area contributed by atoms with Gasteiger partial charge in [0.05, 0.1) is 0 Å². The molecule has 0 aliphatic heterocycles. The second-order valence-electron chi connectivity index (χ2n) is 2.41. The molecule has 1 rings (SSSR count). The molecule has 0 amide bonds. The molecule has 4 N–H and O–H groups in total. The Balaban J connectivity index is 2.95. The summed E-state index contributed by atoms with van der Waals surface area (Å²) in [5, 5.41) is 17.5. The van der Waals surface area contributed by atoms with Gasteiger partial charge < -0.3 is 15.9 Å². The van der Waals surface area contributed by atoms with E-state index in [1.807, 2.05) is 0 Å². The topological polar surface area (TPSA) is 83.5 Å². The van der Waals surface area contributed by atoms with Crippen LogP contribution in [-0.2, 0) is 4.79 Å². The summed E-state index contributed by atoms with van der Waals surface area (Å²) < 4.78 is 0. The van der Waals surface area contributed by atoms with Gasteiger partial charge in [0.25, 0.3) is 0 Å². The normalized spacial score (nSPS) is 12.4. The van der Waals surface area contributed by atoms with Crippen molar-refractivity contribution in [3.63, 3.8) is 0 Å². The number of hydrogen-bond acceptors (Lipinski definition) is 3. The average molecular weight is 167 g/mol. The molecule has 0 saturated carbocycles. The number of hydrogen-bond donors (Lipinski definition) is 3. The fourth-order valence-corrected chi connectivity index (χ4v) is 0.872. The van der Waals surface area contributed by atoms with E-state index in [-0.39, 0.29) is 0 Å². The summed E-state index contributed by atoms with van der Waals surface area (Å²) in [6, 6.07) is 6.16. The van der Waals surface area contributed by atoms with Crippen molar-refractivity contribution in [2.45, 2.75) is 6.10 Å². The number of carboxylic acid groups (broad SMARTS) is 1. The minimum atomic E-state index is -1.49. The molecule has 0 spiro atoms. The monoisotopic (exact) mass is 167 g/mol. The van der Waals surface area contributed by atoms with Crippen LogP contribution in [0.1, 0.15) is 11.7 Å². The maximum absolute atomic E-state index is 10.3. The van der Waals surface area contributed by atoms with E-state index in [9.17, 15) is 4.79 Å². The Labute approximate surface area is 69.3 Å². The molecule has 1 atom stereocenters. The SMILES string of the molecule is Nc1cccc(C(O)C(=O)O)c1. The molecule has 0 heterocycles. The van der Waals surface area contributed by atoms with Gasteiger partial charge in [0.1, 0.15) is 0 Å². The van der Waals surface area contributed by atoms with Crippen LogP contribution >= 0.6 is 0 Å². The van der Waals surface area contributed by atoms with Crippen LogP contribution in [0.4, 0.5) is 5.69 Å². The molecule has 0 fully saturated rings. The fraction of sp³-hybridized carbons (Fsp3) is 0.125. The highest BCUT2D eigenvalue weighted by atomic mass is 16.4. The van der Waals surface area contributed by atoms with Crippen LogP contribution in [0.3, 0.4) is 0 Å². The first-order valence-corrected chi connectivity index (χ1v) is 3.37. The number of benzene rings is 1. The van der Waals surface area contributed by atoms with Crippen molar-refractivity contribution in [2.24, 2.45) is 0 Å². The zero-order chi connectivity index (χ0) is 9.14. The van der Waals surface area contributed by atoms with E-state index in [4.69, 9.17) is 15.9 Å². The molecular formula is C8H9NO3. The van der Waals surface area contributed by atoms with E-state index >= 15 is 0 Å². The number of aliphatic hydroxyl groups excluding tert-OH is 1. The molecular weight excluding hydrogens is 158 g/mol. The fourth-order valence-electron chi connectivity index (χ4n) is 0.872. The predicted molar refractivity (Wildman–Crippen MR) is 43.5 cm³/mol. The third kappa shape index (κ3) is 1.73. The molecule has 1 unspecified atom stereocenters. The van der Waals surface area contributed by atoms with Gasteiger partial charge in [0.15, 0.2) is 6.10 Å². The van der Waals surface area contributed by atoms with Gasteiger partial charge in [-0.3, -0.25) is 0 Å². The number of anilines is 1. The molecule has 1 aromatic carbocycles. The molecule has 0 radical (unpaired) electrons. The number of aliphatic hydroxyl groups is 1. The highest BCUT2D eigenvalue weighted by Gasteiger charge is 2.14. The molecule has 4 heteroatoms. The number of nitrogen functional groups attached to an aromatic ring is 1. The summed E-state index contributed by atoms with van der Waals surface area (Å²) in [6.45, 7) is 0. The molecule has 0 aliphatic rings. The van der Waals surface area contributed by atoms with Crippen LogP contribution in [-0.4, -0.2) is 16.2 Å². The lowest BCUT2D eigenvalue weighted by Gasteiger charge is -2.05. The van der Waals surface area contributed by atoms with Gasteiger partial charge >= 0.3 is 5.97 Å². The molecule has 0 bridgehead atoms. The van der Waals surface area contributed by atoms with Gasteiger partial charge in [0, 0.05) is 5.69 Å². The lowest BCUT2D eigenvalue weighted by atomic mass is 10.1. The van der Waals surface area contributed by atoms with E-state index in [0.717, 1.165) is 0 Å². The maximum Gasteiger partial charge on any atom is 0.337 e. The first kappa shape index (κ1) is 8.55. The minimum Gasteiger partial charge on any atom is -0.479 e. The zero-order valence-electron chi connectivity index (χ0n) is 6.27. The van der Waals surface area contributed by atoms with Crippen molar-refractivity contribution in [2.75, 3.05) is 5.73 Å². The van der Waals surface area contributed by atoms with Crippen molar-refractivity contribution in [3.05, 3.63) is 29.8 Å². The summed E-state index contributed by atoms with van der Waals surface area (Å²) in [4.78, 5) is 10.3. The van der Waals surface area contributed by atoms with Crippen LogP contribution in [0, 0.1) is 0 Å². The average Bonchev–Trinajstić information content (AvgIpc) is 2.03. The predicted octanol–water partition coefficient (Wildman–Crippen LogP) is 0.387. The Kier molecular flexibility index (Phi) is 2.30. The third-order valence-corrected chi connectivity index (χ3v) is 1.46. The van der Waals surface area contributed by atoms with Gasteiger partial charge in [-0.1, -0.05) is 12.1 Å². The Morgan fingerprint density at radius 1 is 1.50 bits per heavy atom. The van der Waals surface area contributed by atoms with Crippen molar-refractivity contribution in [3.8, 4) is 0 Å². The maximum atomic E-state index is 10.3. The summed E-state index contributed by atoms with van der Waals surface area (Å²) >= 11 is 0. The van der Waals surface area contributed by atoms with E-state index in [1.165, 1.54) is 12.1 Å². The summed E-state index contributed by atoms with van der Waals surface area (Å²) in [6.07, 6.45) is -1.49. The molecule has 4 nitrogen and oxygen atoms in total.